The van der Waals surface area contributed by atoms with E-state index in [9.17, 15) is 14.4 Å². The summed E-state index contributed by atoms with van der Waals surface area (Å²) in [5.74, 6) is -0.486. The number of nitrogens with one attached hydrogen (secondary N) is 1. The third-order valence-electron chi connectivity index (χ3n) is 4.64. The van der Waals surface area contributed by atoms with Crippen LogP contribution >= 0.6 is 0 Å². The molecule has 3 amide bonds. The number of hydrogen-bond donors (Lipinski definition) is 1. The molecule has 140 valence electrons. The van der Waals surface area contributed by atoms with Crippen LogP contribution < -0.4 is 5.32 Å². The molecule has 1 aliphatic rings. The second kappa shape index (κ2) is 8.44. The van der Waals surface area contributed by atoms with Crippen LogP contribution in [0.3, 0.4) is 0 Å². The molecule has 1 aromatic heterocycles. The lowest BCUT2D eigenvalue weighted by Crippen LogP contribution is -2.48. The second-order valence-corrected chi connectivity index (χ2v) is 6.36. The van der Waals surface area contributed by atoms with Crippen LogP contribution in [0.25, 0.3) is 0 Å². The molecule has 1 N–H and O–H groups in total. The summed E-state index contributed by atoms with van der Waals surface area (Å²) in [4.78, 5) is 43.4. The minimum atomic E-state index is -0.302. The summed E-state index contributed by atoms with van der Waals surface area (Å²) in [6.45, 7) is 3.99. The smallest absolute Gasteiger partial charge is 0.257 e. The molecule has 0 unspecified atom stereocenters. The van der Waals surface area contributed by atoms with Crippen LogP contribution in [0.4, 0.5) is 5.69 Å². The van der Waals surface area contributed by atoms with E-state index in [0.29, 0.717) is 37.3 Å². The number of piperazine rings is 1. The zero-order valence-corrected chi connectivity index (χ0v) is 15.2. The molecule has 1 aromatic carbocycles. The maximum absolute atomic E-state index is 12.7. The van der Waals surface area contributed by atoms with Crippen molar-refractivity contribution in [2.75, 3.05) is 31.5 Å². The molecule has 3 rings (SSSR count). The second-order valence-electron chi connectivity index (χ2n) is 6.36. The van der Waals surface area contributed by atoms with Gasteiger partial charge in [0.15, 0.2) is 0 Å². The summed E-state index contributed by atoms with van der Waals surface area (Å²) in [7, 11) is 0. The van der Waals surface area contributed by atoms with Gasteiger partial charge in [-0.15, -0.1) is 0 Å². The molecule has 1 saturated heterocycles. The predicted molar refractivity (Wildman–Crippen MR) is 102 cm³/mol. The lowest BCUT2D eigenvalue weighted by Gasteiger charge is -2.32. The summed E-state index contributed by atoms with van der Waals surface area (Å²) < 4.78 is 0. The molecule has 0 spiro atoms. The Morgan fingerprint density at radius 3 is 2.52 bits per heavy atom. The maximum Gasteiger partial charge on any atom is 0.257 e. The number of para-hydroxylation sites is 1. The quantitative estimate of drug-likeness (QED) is 0.818. The fourth-order valence-electron chi connectivity index (χ4n) is 3.04. The van der Waals surface area contributed by atoms with Crippen molar-refractivity contribution in [3.8, 4) is 0 Å². The SMILES string of the molecule is CCc1ccccc1NC(=O)c1cncc(C(=O)N2CCN(C=O)CC2)c1. The molecule has 7 heteroatoms. The predicted octanol–water partition coefficient (Wildman–Crippen LogP) is 1.81. The van der Waals surface area contributed by atoms with Crippen LogP contribution in [0.5, 0.6) is 0 Å². The number of carbonyl (C=O) groups is 3. The van der Waals surface area contributed by atoms with E-state index in [0.717, 1.165) is 24.1 Å². The Hall–Kier alpha value is -3.22. The van der Waals surface area contributed by atoms with Crippen molar-refractivity contribution >= 4 is 23.9 Å². The number of pyridine rings is 1. The zero-order chi connectivity index (χ0) is 19.2. The number of carbonyl (C=O) groups excluding carboxylic acids is 3. The van der Waals surface area contributed by atoms with Crippen molar-refractivity contribution in [3.05, 3.63) is 59.4 Å². The summed E-state index contributed by atoms with van der Waals surface area (Å²) in [6, 6.07) is 9.18. The van der Waals surface area contributed by atoms with E-state index in [2.05, 4.69) is 10.3 Å². The Bertz CT molecular complexity index is 845. The van der Waals surface area contributed by atoms with Gasteiger partial charge in [0, 0.05) is 44.3 Å². The van der Waals surface area contributed by atoms with Gasteiger partial charge in [-0.25, -0.2) is 0 Å². The van der Waals surface area contributed by atoms with Crippen LogP contribution in [-0.4, -0.2) is 59.2 Å². The van der Waals surface area contributed by atoms with E-state index < -0.39 is 0 Å². The van der Waals surface area contributed by atoms with Gasteiger partial charge in [-0.3, -0.25) is 19.4 Å². The first kappa shape index (κ1) is 18.6. The van der Waals surface area contributed by atoms with Crippen LogP contribution in [-0.2, 0) is 11.2 Å². The molecule has 0 bridgehead atoms. The van der Waals surface area contributed by atoms with Crippen LogP contribution in [0.2, 0.25) is 0 Å². The highest BCUT2D eigenvalue weighted by molar-refractivity contribution is 6.06. The van der Waals surface area contributed by atoms with E-state index in [1.807, 2.05) is 31.2 Å². The Balaban J connectivity index is 1.72. The number of rotatable bonds is 5. The normalized spacial score (nSPS) is 14.0. The highest BCUT2D eigenvalue weighted by atomic mass is 16.2. The lowest BCUT2D eigenvalue weighted by atomic mass is 10.1. The van der Waals surface area contributed by atoms with Gasteiger partial charge >= 0.3 is 0 Å². The Morgan fingerprint density at radius 2 is 1.81 bits per heavy atom. The van der Waals surface area contributed by atoms with Crippen molar-refractivity contribution in [1.82, 2.24) is 14.8 Å². The number of amides is 3. The highest BCUT2D eigenvalue weighted by Crippen LogP contribution is 2.17. The minimum absolute atomic E-state index is 0.184. The van der Waals surface area contributed by atoms with Crippen molar-refractivity contribution in [1.29, 1.82) is 0 Å². The molecule has 27 heavy (non-hydrogen) atoms. The van der Waals surface area contributed by atoms with E-state index >= 15 is 0 Å². The third-order valence-corrected chi connectivity index (χ3v) is 4.64. The van der Waals surface area contributed by atoms with Crippen molar-refractivity contribution in [2.45, 2.75) is 13.3 Å². The number of benzene rings is 1. The zero-order valence-electron chi connectivity index (χ0n) is 15.2. The van der Waals surface area contributed by atoms with E-state index in [1.165, 1.54) is 12.4 Å². The number of hydrogen-bond acceptors (Lipinski definition) is 4. The highest BCUT2D eigenvalue weighted by Gasteiger charge is 2.22. The molecular formula is C20H22N4O3. The van der Waals surface area contributed by atoms with Gasteiger partial charge in [0.1, 0.15) is 0 Å². The molecule has 1 aliphatic heterocycles. The van der Waals surface area contributed by atoms with Gasteiger partial charge in [0.05, 0.1) is 11.1 Å². The topological polar surface area (TPSA) is 82.6 Å². The van der Waals surface area contributed by atoms with Gasteiger partial charge in [0.25, 0.3) is 11.8 Å². The number of nitrogens with zero attached hydrogens (tertiary/aromatic N) is 3. The molecule has 0 aliphatic carbocycles. The average molecular weight is 366 g/mol. The van der Waals surface area contributed by atoms with Crippen molar-refractivity contribution in [2.24, 2.45) is 0 Å². The monoisotopic (exact) mass is 366 g/mol. The molecule has 0 atom stereocenters. The molecule has 7 nitrogen and oxygen atoms in total. The Morgan fingerprint density at radius 1 is 1.11 bits per heavy atom. The van der Waals surface area contributed by atoms with Crippen LogP contribution in [0.1, 0.15) is 33.2 Å². The Kier molecular flexibility index (Phi) is 5.80. The molecule has 0 saturated carbocycles. The lowest BCUT2D eigenvalue weighted by molar-refractivity contribution is -0.119. The number of aryl methyl sites for hydroxylation is 1. The fraction of sp³-hybridized carbons (Fsp3) is 0.300. The maximum atomic E-state index is 12.7. The molecule has 2 heterocycles. The first-order valence-corrected chi connectivity index (χ1v) is 8.95. The summed E-state index contributed by atoms with van der Waals surface area (Å²) in [5, 5.41) is 2.89. The summed E-state index contributed by atoms with van der Waals surface area (Å²) >= 11 is 0. The Labute approximate surface area is 158 Å². The largest absolute Gasteiger partial charge is 0.342 e. The van der Waals surface area contributed by atoms with Crippen molar-refractivity contribution < 1.29 is 14.4 Å². The van der Waals surface area contributed by atoms with Gasteiger partial charge in [-0.05, 0) is 24.1 Å². The average Bonchev–Trinajstić information content (AvgIpc) is 2.73. The number of aromatic nitrogens is 1. The van der Waals surface area contributed by atoms with E-state index in [1.54, 1.807) is 15.9 Å². The molecule has 1 fully saturated rings. The van der Waals surface area contributed by atoms with Crippen LogP contribution in [0, 0.1) is 0 Å². The summed E-state index contributed by atoms with van der Waals surface area (Å²) in [5.41, 5.74) is 2.50. The molecular weight excluding hydrogens is 344 g/mol. The van der Waals surface area contributed by atoms with Crippen molar-refractivity contribution in [3.63, 3.8) is 0 Å². The standard InChI is InChI=1S/C20H22N4O3/c1-2-15-5-3-4-6-18(15)22-19(26)16-11-17(13-21-12-16)20(27)24-9-7-23(14-25)8-10-24/h3-6,11-14H,2,7-10H2,1H3,(H,22,26). The van der Waals surface area contributed by atoms with E-state index in [4.69, 9.17) is 0 Å². The van der Waals surface area contributed by atoms with Gasteiger partial charge in [-0.1, -0.05) is 25.1 Å². The first-order valence-electron chi connectivity index (χ1n) is 8.95. The van der Waals surface area contributed by atoms with E-state index in [-0.39, 0.29) is 11.8 Å². The van der Waals surface area contributed by atoms with Gasteiger partial charge < -0.3 is 15.1 Å². The minimum Gasteiger partial charge on any atom is -0.342 e. The van der Waals surface area contributed by atoms with Crippen LogP contribution in [0.15, 0.2) is 42.7 Å². The fourth-order valence-corrected chi connectivity index (χ4v) is 3.04. The van der Waals surface area contributed by atoms with Gasteiger partial charge in [-0.2, -0.15) is 0 Å². The first-order chi connectivity index (χ1) is 13.1. The van der Waals surface area contributed by atoms with Gasteiger partial charge in [0.2, 0.25) is 6.41 Å². The molecule has 0 radical (unpaired) electrons. The third kappa shape index (κ3) is 4.31. The summed E-state index contributed by atoms with van der Waals surface area (Å²) in [6.07, 6.45) is 4.51. The number of anilines is 1. The molecule has 2 aromatic rings.